The second kappa shape index (κ2) is 7.14. The number of Topliss-reactive ketones (excluding diaryl/α,β-unsaturated/α-hetero) is 1. The first-order valence-electron chi connectivity index (χ1n) is 6.43. The Morgan fingerprint density at radius 3 is 2.26 bits per heavy atom. The zero-order chi connectivity index (χ0) is 14.4. The van der Waals surface area contributed by atoms with Crippen molar-refractivity contribution in [3.05, 3.63) is 23.8 Å². The van der Waals surface area contributed by atoms with Crippen LogP contribution in [0.25, 0.3) is 0 Å². The highest BCUT2D eigenvalue weighted by Gasteiger charge is 2.15. The van der Waals surface area contributed by atoms with Crippen molar-refractivity contribution in [3.63, 3.8) is 0 Å². The standard InChI is InChI=1S/C15H22O4/c1-10(2)18-12-6-7-13(14(16)9-17-5)15(8-12)19-11(3)4/h6-8,10-11H,9H2,1-5H3. The Labute approximate surface area is 114 Å². The number of carbonyl (C=O) groups is 1. The Morgan fingerprint density at radius 2 is 1.74 bits per heavy atom. The highest BCUT2D eigenvalue weighted by molar-refractivity contribution is 5.99. The lowest BCUT2D eigenvalue weighted by molar-refractivity contribution is 0.0842. The third kappa shape index (κ3) is 4.91. The van der Waals surface area contributed by atoms with Crippen LogP contribution < -0.4 is 9.47 Å². The molecule has 0 aliphatic rings. The molecule has 1 aromatic rings. The zero-order valence-electron chi connectivity index (χ0n) is 12.2. The van der Waals surface area contributed by atoms with Crippen LogP contribution in [0.2, 0.25) is 0 Å². The van der Waals surface area contributed by atoms with Gasteiger partial charge in [0.2, 0.25) is 0 Å². The minimum absolute atomic E-state index is 0.0107. The van der Waals surface area contributed by atoms with Gasteiger partial charge in [-0.15, -0.1) is 0 Å². The first kappa shape index (κ1) is 15.5. The van der Waals surface area contributed by atoms with E-state index in [1.54, 1.807) is 18.2 Å². The molecule has 0 saturated carbocycles. The van der Waals surface area contributed by atoms with Crippen LogP contribution in [0.4, 0.5) is 0 Å². The van der Waals surface area contributed by atoms with E-state index in [1.165, 1.54) is 7.11 Å². The molecule has 0 saturated heterocycles. The van der Waals surface area contributed by atoms with Crippen LogP contribution >= 0.6 is 0 Å². The van der Waals surface area contributed by atoms with E-state index in [-0.39, 0.29) is 24.6 Å². The maximum atomic E-state index is 11.9. The van der Waals surface area contributed by atoms with Crippen molar-refractivity contribution in [2.24, 2.45) is 0 Å². The van der Waals surface area contributed by atoms with Crippen LogP contribution in [0, 0.1) is 0 Å². The summed E-state index contributed by atoms with van der Waals surface area (Å²) in [5, 5.41) is 0. The highest BCUT2D eigenvalue weighted by Crippen LogP contribution is 2.27. The highest BCUT2D eigenvalue weighted by atomic mass is 16.5. The van der Waals surface area contributed by atoms with Gasteiger partial charge in [-0.1, -0.05) is 0 Å². The molecule has 0 radical (unpaired) electrons. The van der Waals surface area contributed by atoms with Crippen molar-refractivity contribution in [1.29, 1.82) is 0 Å². The summed E-state index contributed by atoms with van der Waals surface area (Å²) in [4.78, 5) is 11.9. The van der Waals surface area contributed by atoms with Crippen LogP contribution in [-0.2, 0) is 4.74 Å². The smallest absolute Gasteiger partial charge is 0.192 e. The molecule has 0 fully saturated rings. The molecule has 0 atom stereocenters. The average molecular weight is 266 g/mol. The van der Waals surface area contributed by atoms with Gasteiger partial charge in [0.05, 0.1) is 17.8 Å². The first-order chi connectivity index (χ1) is 8.93. The molecule has 4 heteroatoms. The molecular weight excluding hydrogens is 244 g/mol. The third-order valence-electron chi connectivity index (χ3n) is 2.26. The molecule has 0 aliphatic heterocycles. The molecule has 0 N–H and O–H groups in total. The minimum Gasteiger partial charge on any atom is -0.491 e. The number of ether oxygens (including phenoxy) is 3. The number of methoxy groups -OCH3 is 1. The van der Waals surface area contributed by atoms with Crippen molar-refractivity contribution >= 4 is 5.78 Å². The van der Waals surface area contributed by atoms with E-state index in [0.29, 0.717) is 17.1 Å². The zero-order valence-corrected chi connectivity index (χ0v) is 12.2. The summed E-state index contributed by atoms with van der Waals surface area (Å²) in [5.74, 6) is 1.13. The Kier molecular flexibility index (Phi) is 5.83. The van der Waals surface area contributed by atoms with E-state index in [2.05, 4.69) is 0 Å². The Balaban J connectivity index is 3.05. The molecule has 0 unspecified atom stereocenters. The van der Waals surface area contributed by atoms with Gasteiger partial charge in [0.1, 0.15) is 18.1 Å². The van der Waals surface area contributed by atoms with Gasteiger partial charge in [-0.05, 0) is 39.8 Å². The largest absolute Gasteiger partial charge is 0.491 e. The van der Waals surface area contributed by atoms with Gasteiger partial charge in [-0.3, -0.25) is 4.79 Å². The molecule has 0 bridgehead atoms. The second-order valence-corrected chi connectivity index (χ2v) is 4.85. The van der Waals surface area contributed by atoms with Crippen molar-refractivity contribution < 1.29 is 19.0 Å². The molecule has 0 spiro atoms. The SMILES string of the molecule is COCC(=O)c1ccc(OC(C)C)cc1OC(C)C. The topological polar surface area (TPSA) is 44.8 Å². The monoisotopic (exact) mass is 266 g/mol. The summed E-state index contributed by atoms with van der Waals surface area (Å²) in [7, 11) is 1.50. The lowest BCUT2D eigenvalue weighted by atomic mass is 10.1. The molecule has 1 aromatic carbocycles. The summed E-state index contributed by atoms with van der Waals surface area (Å²) >= 11 is 0. The summed E-state index contributed by atoms with van der Waals surface area (Å²) in [6.07, 6.45) is 0.0656. The van der Waals surface area contributed by atoms with Crippen LogP contribution in [0.3, 0.4) is 0 Å². The number of carbonyl (C=O) groups excluding carboxylic acids is 1. The van der Waals surface area contributed by atoms with Crippen molar-refractivity contribution in [2.45, 2.75) is 39.9 Å². The molecular formula is C15H22O4. The lowest BCUT2D eigenvalue weighted by Gasteiger charge is -2.16. The Bertz CT molecular complexity index is 424. The van der Waals surface area contributed by atoms with E-state index >= 15 is 0 Å². The fraction of sp³-hybridized carbons (Fsp3) is 0.533. The van der Waals surface area contributed by atoms with E-state index in [4.69, 9.17) is 14.2 Å². The summed E-state index contributed by atoms with van der Waals surface area (Å²) in [6, 6.07) is 5.25. The molecule has 0 aromatic heterocycles. The van der Waals surface area contributed by atoms with Gasteiger partial charge < -0.3 is 14.2 Å². The summed E-state index contributed by atoms with van der Waals surface area (Å²) < 4.78 is 16.2. The van der Waals surface area contributed by atoms with Crippen LogP contribution in [0.5, 0.6) is 11.5 Å². The Morgan fingerprint density at radius 1 is 1.11 bits per heavy atom. The van der Waals surface area contributed by atoms with E-state index in [0.717, 1.165) is 0 Å². The fourth-order valence-electron chi connectivity index (χ4n) is 1.64. The number of rotatable bonds is 7. The van der Waals surface area contributed by atoms with Gasteiger partial charge in [-0.25, -0.2) is 0 Å². The minimum atomic E-state index is -0.103. The van der Waals surface area contributed by atoms with Gasteiger partial charge in [-0.2, -0.15) is 0 Å². The van der Waals surface area contributed by atoms with Gasteiger partial charge in [0, 0.05) is 13.2 Å². The van der Waals surface area contributed by atoms with Gasteiger partial charge in [0.25, 0.3) is 0 Å². The van der Waals surface area contributed by atoms with Gasteiger partial charge >= 0.3 is 0 Å². The normalized spacial score (nSPS) is 10.9. The molecule has 0 aliphatic carbocycles. The predicted octanol–water partition coefficient (Wildman–Crippen LogP) is 3.09. The fourth-order valence-corrected chi connectivity index (χ4v) is 1.64. The molecule has 4 nitrogen and oxygen atoms in total. The second-order valence-electron chi connectivity index (χ2n) is 4.85. The van der Waals surface area contributed by atoms with Gasteiger partial charge in [0.15, 0.2) is 5.78 Å². The number of ketones is 1. The molecule has 106 valence electrons. The molecule has 0 heterocycles. The van der Waals surface area contributed by atoms with Crippen molar-refractivity contribution in [1.82, 2.24) is 0 Å². The van der Waals surface area contributed by atoms with Crippen LogP contribution in [0.15, 0.2) is 18.2 Å². The van der Waals surface area contributed by atoms with Crippen molar-refractivity contribution in [2.75, 3.05) is 13.7 Å². The maximum Gasteiger partial charge on any atom is 0.192 e. The Hall–Kier alpha value is -1.55. The number of hydrogen-bond acceptors (Lipinski definition) is 4. The number of hydrogen-bond donors (Lipinski definition) is 0. The third-order valence-corrected chi connectivity index (χ3v) is 2.26. The summed E-state index contributed by atoms with van der Waals surface area (Å²) in [5.41, 5.74) is 0.520. The van der Waals surface area contributed by atoms with Crippen molar-refractivity contribution in [3.8, 4) is 11.5 Å². The van der Waals surface area contributed by atoms with E-state index < -0.39 is 0 Å². The van der Waals surface area contributed by atoms with E-state index in [9.17, 15) is 4.79 Å². The van der Waals surface area contributed by atoms with Crippen LogP contribution in [0.1, 0.15) is 38.1 Å². The maximum absolute atomic E-state index is 11.9. The molecule has 1 rings (SSSR count). The molecule has 19 heavy (non-hydrogen) atoms. The average Bonchev–Trinajstić information content (AvgIpc) is 2.27. The number of benzene rings is 1. The lowest BCUT2D eigenvalue weighted by Crippen LogP contribution is -2.14. The predicted molar refractivity (Wildman–Crippen MR) is 74.2 cm³/mol. The van der Waals surface area contributed by atoms with Crippen LogP contribution in [-0.4, -0.2) is 31.7 Å². The molecule has 0 amide bonds. The first-order valence-corrected chi connectivity index (χ1v) is 6.43. The van der Waals surface area contributed by atoms with E-state index in [1.807, 2.05) is 27.7 Å². The summed E-state index contributed by atoms with van der Waals surface area (Å²) in [6.45, 7) is 7.78. The quantitative estimate of drug-likeness (QED) is 0.711.